The molecule has 0 aliphatic rings. The van der Waals surface area contributed by atoms with Crippen molar-refractivity contribution in [1.29, 1.82) is 0 Å². The number of nitrogens with zero attached hydrogens (tertiary/aromatic N) is 1. The van der Waals surface area contributed by atoms with Crippen LogP contribution in [0.5, 0.6) is 5.75 Å². The molecule has 0 bridgehead atoms. The van der Waals surface area contributed by atoms with Crippen LogP contribution in [0.1, 0.15) is 18.2 Å². The fourth-order valence-electron chi connectivity index (χ4n) is 2.75. The maximum Gasteiger partial charge on any atom is 0.191 e. The quantitative estimate of drug-likeness (QED) is 0.477. The molecule has 0 saturated heterocycles. The van der Waals surface area contributed by atoms with Crippen LogP contribution in [-0.4, -0.2) is 24.6 Å². The minimum atomic E-state index is 0.655. The van der Waals surface area contributed by atoms with E-state index in [1.807, 2.05) is 37.3 Å². The molecular weight excluding hydrogens is 312 g/mol. The molecule has 130 valence electrons. The Balaban J connectivity index is 1.58. The molecule has 0 spiro atoms. The van der Waals surface area contributed by atoms with Crippen molar-refractivity contribution in [3.05, 3.63) is 65.9 Å². The van der Waals surface area contributed by atoms with Crippen LogP contribution in [0.2, 0.25) is 0 Å². The Morgan fingerprint density at radius 2 is 1.80 bits per heavy atom. The zero-order chi connectivity index (χ0) is 17.5. The molecule has 3 N–H and O–H groups in total. The van der Waals surface area contributed by atoms with Gasteiger partial charge in [-0.15, -0.1) is 0 Å². The van der Waals surface area contributed by atoms with Crippen molar-refractivity contribution in [3.8, 4) is 5.75 Å². The summed E-state index contributed by atoms with van der Waals surface area (Å²) >= 11 is 0. The van der Waals surface area contributed by atoms with E-state index in [0.717, 1.165) is 28.5 Å². The molecule has 5 heteroatoms. The van der Waals surface area contributed by atoms with E-state index in [2.05, 4.69) is 44.9 Å². The third-order valence-corrected chi connectivity index (χ3v) is 3.97. The number of ether oxygens (including phenoxy) is 1. The van der Waals surface area contributed by atoms with Gasteiger partial charge in [-0.25, -0.2) is 0 Å². The highest BCUT2D eigenvalue weighted by Crippen LogP contribution is 2.17. The van der Waals surface area contributed by atoms with Gasteiger partial charge in [0.1, 0.15) is 5.75 Å². The van der Waals surface area contributed by atoms with Crippen molar-refractivity contribution >= 4 is 16.9 Å². The first-order valence-electron chi connectivity index (χ1n) is 8.52. The number of aromatic nitrogens is 1. The fourth-order valence-corrected chi connectivity index (χ4v) is 2.75. The second kappa shape index (κ2) is 8.24. The summed E-state index contributed by atoms with van der Waals surface area (Å²) < 4.78 is 5.66. The largest absolute Gasteiger partial charge is 0.494 e. The second-order valence-corrected chi connectivity index (χ2v) is 5.70. The highest BCUT2D eigenvalue weighted by atomic mass is 16.5. The van der Waals surface area contributed by atoms with Crippen molar-refractivity contribution in [2.75, 3.05) is 13.7 Å². The number of para-hydroxylation sites is 2. The Morgan fingerprint density at radius 1 is 1.04 bits per heavy atom. The van der Waals surface area contributed by atoms with Crippen LogP contribution in [0.4, 0.5) is 0 Å². The van der Waals surface area contributed by atoms with Crippen molar-refractivity contribution in [1.82, 2.24) is 15.6 Å². The van der Waals surface area contributed by atoms with Crippen LogP contribution in [0.3, 0.4) is 0 Å². The standard InChI is InChI=1S/C20H24N4O/c1-3-25-19-11-7-5-9-16(19)13-22-20(21-2)23-14-17-12-15-8-4-6-10-18(15)24-17/h4-12,24H,3,13-14H2,1-2H3,(H2,21,22,23). The topological polar surface area (TPSA) is 61.4 Å². The Hall–Kier alpha value is -2.95. The molecule has 25 heavy (non-hydrogen) atoms. The first-order valence-corrected chi connectivity index (χ1v) is 8.52. The molecular formula is C20H24N4O. The third-order valence-electron chi connectivity index (χ3n) is 3.97. The van der Waals surface area contributed by atoms with Crippen molar-refractivity contribution in [2.24, 2.45) is 4.99 Å². The monoisotopic (exact) mass is 336 g/mol. The number of hydrogen-bond donors (Lipinski definition) is 3. The van der Waals surface area contributed by atoms with Gasteiger partial charge in [-0.1, -0.05) is 36.4 Å². The molecule has 0 aliphatic heterocycles. The van der Waals surface area contributed by atoms with Crippen molar-refractivity contribution in [3.63, 3.8) is 0 Å². The smallest absolute Gasteiger partial charge is 0.191 e. The van der Waals surface area contributed by atoms with Crippen LogP contribution in [0, 0.1) is 0 Å². The van der Waals surface area contributed by atoms with Crippen LogP contribution in [-0.2, 0) is 13.1 Å². The average Bonchev–Trinajstić information content (AvgIpc) is 3.06. The van der Waals surface area contributed by atoms with E-state index in [9.17, 15) is 0 Å². The molecule has 0 saturated carbocycles. The SMILES string of the molecule is CCOc1ccccc1CNC(=NC)NCc1cc2ccccc2[nH]1. The lowest BCUT2D eigenvalue weighted by molar-refractivity contribution is 0.336. The first-order chi connectivity index (χ1) is 12.3. The van der Waals surface area contributed by atoms with E-state index >= 15 is 0 Å². The lowest BCUT2D eigenvalue weighted by Crippen LogP contribution is -2.36. The van der Waals surface area contributed by atoms with Gasteiger partial charge in [-0.05, 0) is 30.5 Å². The number of fused-ring (bicyclic) bond motifs is 1. The van der Waals surface area contributed by atoms with E-state index in [-0.39, 0.29) is 0 Å². The Kier molecular flexibility index (Phi) is 5.57. The van der Waals surface area contributed by atoms with Crippen LogP contribution in [0.25, 0.3) is 10.9 Å². The summed E-state index contributed by atoms with van der Waals surface area (Å²) in [6.45, 7) is 3.99. The number of H-pyrrole nitrogens is 1. The molecule has 3 rings (SSSR count). The van der Waals surface area contributed by atoms with E-state index in [0.29, 0.717) is 19.7 Å². The number of rotatable bonds is 6. The number of guanidine groups is 1. The van der Waals surface area contributed by atoms with E-state index < -0.39 is 0 Å². The molecule has 2 aromatic carbocycles. The van der Waals surface area contributed by atoms with Gasteiger partial charge in [-0.3, -0.25) is 4.99 Å². The van der Waals surface area contributed by atoms with Crippen LogP contribution in [0.15, 0.2) is 59.6 Å². The lowest BCUT2D eigenvalue weighted by atomic mass is 10.2. The van der Waals surface area contributed by atoms with Gasteiger partial charge in [0.25, 0.3) is 0 Å². The molecule has 0 unspecified atom stereocenters. The molecule has 0 amide bonds. The summed E-state index contributed by atoms with van der Waals surface area (Å²) in [6, 6.07) is 18.5. The van der Waals surface area contributed by atoms with E-state index in [1.165, 1.54) is 5.39 Å². The number of hydrogen-bond acceptors (Lipinski definition) is 2. The predicted molar refractivity (Wildman–Crippen MR) is 103 cm³/mol. The zero-order valence-electron chi connectivity index (χ0n) is 14.7. The van der Waals surface area contributed by atoms with Gasteiger partial charge in [0.15, 0.2) is 5.96 Å². The van der Waals surface area contributed by atoms with Gasteiger partial charge < -0.3 is 20.4 Å². The molecule has 0 aliphatic carbocycles. The summed E-state index contributed by atoms with van der Waals surface area (Å²) in [7, 11) is 1.77. The lowest BCUT2D eigenvalue weighted by Gasteiger charge is -2.14. The normalized spacial score (nSPS) is 11.5. The van der Waals surface area contributed by atoms with Crippen molar-refractivity contribution < 1.29 is 4.74 Å². The summed E-state index contributed by atoms with van der Waals surface area (Å²) in [4.78, 5) is 7.70. The molecule has 3 aromatic rings. The fraction of sp³-hybridized carbons (Fsp3) is 0.250. The maximum atomic E-state index is 5.66. The number of aromatic amines is 1. The first kappa shape index (κ1) is 16.9. The van der Waals surface area contributed by atoms with Gasteiger partial charge >= 0.3 is 0 Å². The Labute approximate surface area is 148 Å². The zero-order valence-corrected chi connectivity index (χ0v) is 14.7. The number of nitrogens with one attached hydrogen (secondary N) is 3. The van der Waals surface area contributed by atoms with Gasteiger partial charge in [0.2, 0.25) is 0 Å². The summed E-state index contributed by atoms with van der Waals surface area (Å²) in [5.41, 5.74) is 3.38. The number of aliphatic imine (C=N–C) groups is 1. The maximum absolute atomic E-state index is 5.66. The molecule has 1 aromatic heterocycles. The Morgan fingerprint density at radius 3 is 2.60 bits per heavy atom. The Bertz CT molecular complexity index is 821. The molecule has 0 fully saturated rings. The highest BCUT2D eigenvalue weighted by Gasteiger charge is 2.05. The summed E-state index contributed by atoms with van der Waals surface area (Å²) in [5, 5.41) is 7.88. The van der Waals surface area contributed by atoms with E-state index in [1.54, 1.807) is 7.05 Å². The van der Waals surface area contributed by atoms with Crippen LogP contribution < -0.4 is 15.4 Å². The van der Waals surface area contributed by atoms with Gasteiger partial charge in [-0.2, -0.15) is 0 Å². The van der Waals surface area contributed by atoms with Gasteiger partial charge in [0, 0.05) is 30.4 Å². The second-order valence-electron chi connectivity index (χ2n) is 5.70. The number of benzene rings is 2. The average molecular weight is 336 g/mol. The van der Waals surface area contributed by atoms with E-state index in [4.69, 9.17) is 4.74 Å². The van der Waals surface area contributed by atoms with Crippen molar-refractivity contribution in [2.45, 2.75) is 20.0 Å². The third kappa shape index (κ3) is 4.32. The molecule has 0 radical (unpaired) electrons. The molecule has 1 heterocycles. The minimum Gasteiger partial charge on any atom is -0.494 e. The van der Waals surface area contributed by atoms with Crippen LogP contribution >= 0.6 is 0 Å². The summed E-state index contributed by atoms with van der Waals surface area (Å²) in [5.74, 6) is 1.66. The molecule has 5 nitrogen and oxygen atoms in total. The summed E-state index contributed by atoms with van der Waals surface area (Å²) in [6.07, 6.45) is 0. The molecule has 0 atom stereocenters. The minimum absolute atomic E-state index is 0.655. The predicted octanol–water partition coefficient (Wildman–Crippen LogP) is 3.43. The highest BCUT2D eigenvalue weighted by molar-refractivity contribution is 5.81. The van der Waals surface area contributed by atoms with Gasteiger partial charge in [0.05, 0.1) is 13.2 Å².